The van der Waals surface area contributed by atoms with Gasteiger partial charge in [0, 0.05) is 19.7 Å². The second-order valence-electron chi connectivity index (χ2n) is 8.39. The third-order valence-corrected chi connectivity index (χ3v) is 6.02. The number of ether oxygens (including phenoxy) is 2. The van der Waals surface area contributed by atoms with Crippen molar-refractivity contribution in [1.29, 1.82) is 0 Å². The molecule has 0 N–H and O–H groups in total. The minimum Gasteiger partial charge on any atom is -0.493 e. The maximum Gasteiger partial charge on any atom is 0.261 e. The summed E-state index contributed by atoms with van der Waals surface area (Å²) in [6, 6.07) is 12.1. The van der Waals surface area contributed by atoms with Crippen LogP contribution in [0.4, 0.5) is 0 Å². The zero-order chi connectivity index (χ0) is 23.4. The molecule has 174 valence electrons. The average molecular weight is 451 g/mol. The van der Waals surface area contributed by atoms with Crippen LogP contribution in [0.1, 0.15) is 69.7 Å². The summed E-state index contributed by atoms with van der Waals surface area (Å²) in [5.74, 6) is -0.244. The summed E-state index contributed by atoms with van der Waals surface area (Å²) in [6.45, 7) is 6.37. The van der Waals surface area contributed by atoms with Crippen LogP contribution < -0.4 is 4.74 Å². The van der Waals surface area contributed by atoms with E-state index >= 15 is 0 Å². The summed E-state index contributed by atoms with van der Waals surface area (Å²) in [5.41, 5.74) is 1.97. The first kappa shape index (κ1) is 23.0. The highest BCUT2D eigenvalue weighted by atomic mass is 16.5. The van der Waals surface area contributed by atoms with E-state index in [-0.39, 0.29) is 30.4 Å². The van der Waals surface area contributed by atoms with E-state index in [4.69, 9.17) is 9.47 Å². The number of imide groups is 1. The van der Waals surface area contributed by atoms with Crippen molar-refractivity contribution in [1.82, 2.24) is 9.80 Å². The lowest BCUT2D eigenvalue weighted by Crippen LogP contribution is -2.43. The highest BCUT2D eigenvalue weighted by Crippen LogP contribution is 2.28. The highest BCUT2D eigenvalue weighted by Gasteiger charge is 2.35. The van der Waals surface area contributed by atoms with Crippen LogP contribution in [0.3, 0.4) is 0 Å². The van der Waals surface area contributed by atoms with E-state index in [1.165, 1.54) is 4.90 Å². The quantitative estimate of drug-likeness (QED) is 0.570. The first-order valence-electron chi connectivity index (χ1n) is 11.6. The largest absolute Gasteiger partial charge is 0.493 e. The SMILES string of the molecule is CCCOC1CCCN(C(=O)c2cc(CN3C(=O)c4ccccc4C3=O)ccc2OCC)C1. The average Bonchev–Trinajstić information content (AvgIpc) is 3.08. The highest BCUT2D eigenvalue weighted by molar-refractivity contribution is 6.21. The van der Waals surface area contributed by atoms with Crippen LogP contribution in [0.5, 0.6) is 5.75 Å². The molecule has 1 unspecified atom stereocenters. The number of hydrogen-bond donors (Lipinski definition) is 0. The molecule has 2 aromatic carbocycles. The van der Waals surface area contributed by atoms with Gasteiger partial charge in [-0.15, -0.1) is 0 Å². The van der Waals surface area contributed by atoms with Crippen molar-refractivity contribution in [3.05, 3.63) is 64.7 Å². The van der Waals surface area contributed by atoms with Gasteiger partial charge in [-0.05, 0) is 56.0 Å². The van der Waals surface area contributed by atoms with E-state index in [0.29, 0.717) is 54.3 Å². The van der Waals surface area contributed by atoms with E-state index in [1.807, 2.05) is 11.8 Å². The maximum atomic E-state index is 13.5. The minimum absolute atomic E-state index is 0.0414. The zero-order valence-electron chi connectivity index (χ0n) is 19.2. The van der Waals surface area contributed by atoms with Crippen LogP contribution in [0.2, 0.25) is 0 Å². The Morgan fingerprint density at radius 2 is 1.79 bits per heavy atom. The first-order valence-corrected chi connectivity index (χ1v) is 11.6. The van der Waals surface area contributed by atoms with Crippen LogP contribution in [0.25, 0.3) is 0 Å². The molecule has 2 heterocycles. The van der Waals surface area contributed by atoms with E-state index in [9.17, 15) is 14.4 Å². The molecular formula is C26H30N2O5. The number of rotatable bonds is 8. The summed E-state index contributed by atoms with van der Waals surface area (Å²) in [6.07, 6.45) is 2.82. The lowest BCUT2D eigenvalue weighted by atomic mass is 10.0. The molecule has 7 heteroatoms. The Balaban J connectivity index is 1.55. The minimum atomic E-state index is -0.315. The topological polar surface area (TPSA) is 76.2 Å². The van der Waals surface area contributed by atoms with Crippen LogP contribution >= 0.6 is 0 Å². The molecule has 1 saturated heterocycles. The van der Waals surface area contributed by atoms with Gasteiger partial charge in [0.05, 0.1) is 35.9 Å². The second-order valence-corrected chi connectivity index (χ2v) is 8.39. The lowest BCUT2D eigenvalue weighted by molar-refractivity contribution is 0.00200. The van der Waals surface area contributed by atoms with Gasteiger partial charge < -0.3 is 14.4 Å². The molecule has 0 radical (unpaired) electrons. The number of amides is 3. The van der Waals surface area contributed by atoms with Crippen LogP contribution in [0, 0.1) is 0 Å². The summed E-state index contributed by atoms with van der Waals surface area (Å²) in [5, 5.41) is 0. The fourth-order valence-corrected chi connectivity index (χ4v) is 4.40. The van der Waals surface area contributed by atoms with Crippen LogP contribution in [-0.4, -0.2) is 59.9 Å². The maximum absolute atomic E-state index is 13.5. The molecule has 7 nitrogen and oxygen atoms in total. The van der Waals surface area contributed by atoms with Crippen molar-refractivity contribution in [2.75, 3.05) is 26.3 Å². The Bertz CT molecular complexity index is 1020. The molecule has 4 rings (SSSR count). The molecule has 2 aliphatic heterocycles. The molecule has 0 aliphatic carbocycles. The number of fused-ring (bicyclic) bond motifs is 1. The fourth-order valence-electron chi connectivity index (χ4n) is 4.40. The van der Waals surface area contributed by atoms with E-state index in [2.05, 4.69) is 6.92 Å². The van der Waals surface area contributed by atoms with Gasteiger partial charge in [-0.1, -0.05) is 25.1 Å². The number of piperidine rings is 1. The zero-order valence-corrected chi connectivity index (χ0v) is 19.2. The third kappa shape index (κ3) is 4.78. The lowest BCUT2D eigenvalue weighted by Gasteiger charge is -2.33. The molecule has 0 bridgehead atoms. The van der Waals surface area contributed by atoms with Crippen molar-refractivity contribution in [3.63, 3.8) is 0 Å². The van der Waals surface area contributed by atoms with Gasteiger partial charge in [0.2, 0.25) is 0 Å². The summed E-state index contributed by atoms with van der Waals surface area (Å²) >= 11 is 0. The van der Waals surface area contributed by atoms with Gasteiger partial charge in [0.25, 0.3) is 17.7 Å². The van der Waals surface area contributed by atoms with Gasteiger partial charge in [0.1, 0.15) is 5.75 Å². The molecule has 2 aromatic rings. The molecule has 0 aromatic heterocycles. The van der Waals surface area contributed by atoms with Gasteiger partial charge in [-0.3, -0.25) is 19.3 Å². The van der Waals surface area contributed by atoms with Crippen molar-refractivity contribution < 1.29 is 23.9 Å². The Labute approximate surface area is 194 Å². The molecule has 0 saturated carbocycles. The predicted molar refractivity (Wildman–Crippen MR) is 123 cm³/mol. The third-order valence-electron chi connectivity index (χ3n) is 6.02. The van der Waals surface area contributed by atoms with Gasteiger partial charge in [-0.2, -0.15) is 0 Å². The first-order chi connectivity index (χ1) is 16.0. The molecule has 33 heavy (non-hydrogen) atoms. The van der Waals surface area contributed by atoms with Crippen LogP contribution in [-0.2, 0) is 11.3 Å². The van der Waals surface area contributed by atoms with E-state index in [1.54, 1.807) is 42.5 Å². The van der Waals surface area contributed by atoms with E-state index in [0.717, 1.165) is 19.3 Å². The number of carbonyl (C=O) groups is 3. The second kappa shape index (κ2) is 10.2. The Morgan fingerprint density at radius 3 is 2.45 bits per heavy atom. The molecule has 3 amide bonds. The normalized spacial score (nSPS) is 17.9. The van der Waals surface area contributed by atoms with Crippen molar-refractivity contribution in [2.45, 2.75) is 45.8 Å². The van der Waals surface area contributed by atoms with E-state index < -0.39 is 0 Å². The van der Waals surface area contributed by atoms with Gasteiger partial charge in [0.15, 0.2) is 0 Å². The molecule has 0 spiro atoms. The van der Waals surface area contributed by atoms with Crippen molar-refractivity contribution >= 4 is 17.7 Å². The van der Waals surface area contributed by atoms with Gasteiger partial charge in [-0.25, -0.2) is 0 Å². The summed E-state index contributed by atoms with van der Waals surface area (Å²) in [7, 11) is 0. The molecular weight excluding hydrogens is 420 g/mol. The van der Waals surface area contributed by atoms with Crippen LogP contribution in [0.15, 0.2) is 42.5 Å². The predicted octanol–water partition coefficient (Wildman–Crippen LogP) is 3.91. The smallest absolute Gasteiger partial charge is 0.261 e. The molecule has 2 aliphatic rings. The Kier molecular flexibility index (Phi) is 7.08. The molecule has 1 fully saturated rings. The Hall–Kier alpha value is -3.19. The fraction of sp³-hybridized carbons (Fsp3) is 0.423. The van der Waals surface area contributed by atoms with Crippen molar-refractivity contribution in [3.8, 4) is 5.75 Å². The number of benzene rings is 2. The monoisotopic (exact) mass is 450 g/mol. The summed E-state index contributed by atoms with van der Waals surface area (Å²) < 4.78 is 11.6. The number of nitrogens with zero attached hydrogens (tertiary/aromatic N) is 2. The summed E-state index contributed by atoms with van der Waals surface area (Å²) in [4.78, 5) is 42.0. The van der Waals surface area contributed by atoms with Gasteiger partial charge >= 0.3 is 0 Å². The number of hydrogen-bond acceptors (Lipinski definition) is 5. The number of likely N-dealkylation sites (tertiary alicyclic amines) is 1. The number of carbonyl (C=O) groups excluding carboxylic acids is 3. The Morgan fingerprint density at radius 1 is 1.06 bits per heavy atom. The van der Waals surface area contributed by atoms with Crippen molar-refractivity contribution in [2.24, 2.45) is 0 Å². The molecule has 1 atom stereocenters. The standard InChI is InChI=1S/C26H30N2O5/c1-3-14-33-19-8-7-13-27(17-19)24(29)22-15-18(11-12-23(22)32-4-2)16-28-25(30)20-9-5-6-10-21(20)26(28)31/h5-6,9-12,15,19H,3-4,7-8,13-14,16-17H2,1-2H3.